The van der Waals surface area contributed by atoms with Crippen molar-refractivity contribution in [3.8, 4) is 0 Å². The largest absolute Gasteiger partial charge is 0.389 e. The van der Waals surface area contributed by atoms with E-state index in [0.717, 1.165) is 6.42 Å². The van der Waals surface area contributed by atoms with Gasteiger partial charge in [-0.1, -0.05) is 38.3 Å². The highest BCUT2D eigenvalue weighted by Crippen LogP contribution is 2.02. The Labute approximate surface area is 70.1 Å². The first-order chi connectivity index (χ1) is 5.27. The molecule has 0 aliphatic rings. The van der Waals surface area contributed by atoms with Crippen LogP contribution in [0.2, 0.25) is 0 Å². The van der Waals surface area contributed by atoms with Gasteiger partial charge in [-0.25, -0.2) is 0 Å². The van der Waals surface area contributed by atoms with Crippen molar-refractivity contribution in [3.05, 3.63) is 12.2 Å². The average Bonchev–Trinajstić information content (AvgIpc) is 1.96. The monoisotopic (exact) mass is 156 g/mol. The Morgan fingerprint density at radius 2 is 2.00 bits per heavy atom. The van der Waals surface area contributed by atoms with E-state index < -0.39 is 0 Å². The maximum absolute atomic E-state index is 8.87. The van der Waals surface area contributed by atoms with Crippen LogP contribution in [-0.2, 0) is 0 Å². The first kappa shape index (κ1) is 10.7. The lowest BCUT2D eigenvalue weighted by Crippen LogP contribution is -1.91. The Kier molecular flexibility index (Phi) is 7.59. The maximum atomic E-state index is 8.87. The summed E-state index contributed by atoms with van der Waals surface area (Å²) in [5.74, 6) is 0. The van der Waals surface area contributed by atoms with E-state index in [4.69, 9.17) is 5.11 Å². The molecule has 1 N–H and O–H groups in total. The maximum Gasteiger partial charge on any atom is 0.0692 e. The molecule has 66 valence electrons. The molecule has 0 bridgehead atoms. The highest BCUT2D eigenvalue weighted by atomic mass is 16.3. The van der Waals surface area contributed by atoms with Gasteiger partial charge < -0.3 is 5.11 Å². The van der Waals surface area contributed by atoms with Gasteiger partial charge in [0.1, 0.15) is 0 Å². The molecular weight excluding hydrogens is 136 g/mol. The van der Waals surface area contributed by atoms with Gasteiger partial charge in [0.15, 0.2) is 0 Å². The molecule has 0 rings (SSSR count). The van der Waals surface area contributed by atoms with Crippen molar-refractivity contribution in [2.75, 3.05) is 0 Å². The minimum absolute atomic E-state index is 0.277. The molecule has 0 saturated carbocycles. The van der Waals surface area contributed by atoms with Gasteiger partial charge in [-0.2, -0.15) is 0 Å². The molecule has 0 saturated heterocycles. The second kappa shape index (κ2) is 7.80. The van der Waals surface area contributed by atoms with Crippen molar-refractivity contribution >= 4 is 0 Å². The van der Waals surface area contributed by atoms with E-state index in [1.54, 1.807) is 6.92 Å². The Hall–Kier alpha value is -0.300. The molecule has 0 radical (unpaired) electrons. The van der Waals surface area contributed by atoms with Crippen LogP contribution in [-0.4, -0.2) is 11.2 Å². The van der Waals surface area contributed by atoms with Gasteiger partial charge in [0.25, 0.3) is 0 Å². The minimum atomic E-state index is -0.277. The third-order valence-electron chi connectivity index (χ3n) is 1.64. The molecule has 0 aromatic carbocycles. The van der Waals surface area contributed by atoms with E-state index >= 15 is 0 Å². The van der Waals surface area contributed by atoms with Gasteiger partial charge >= 0.3 is 0 Å². The first-order valence-corrected chi connectivity index (χ1v) is 4.62. The molecule has 0 heterocycles. The number of aliphatic hydroxyl groups is 1. The second-order valence-electron chi connectivity index (χ2n) is 3.02. The van der Waals surface area contributed by atoms with E-state index in [1.807, 2.05) is 6.08 Å². The summed E-state index contributed by atoms with van der Waals surface area (Å²) in [6.45, 7) is 3.99. The van der Waals surface area contributed by atoms with E-state index in [-0.39, 0.29) is 6.10 Å². The summed E-state index contributed by atoms with van der Waals surface area (Å²) < 4.78 is 0. The molecule has 0 aliphatic heterocycles. The predicted molar refractivity (Wildman–Crippen MR) is 49.6 cm³/mol. The summed E-state index contributed by atoms with van der Waals surface area (Å²) in [5.41, 5.74) is 0. The van der Waals surface area contributed by atoms with Gasteiger partial charge in [-0.3, -0.25) is 0 Å². The Balaban J connectivity index is 3.01. The normalized spacial score (nSPS) is 14.1. The molecule has 0 unspecified atom stereocenters. The van der Waals surface area contributed by atoms with Crippen LogP contribution in [0.5, 0.6) is 0 Å². The fraction of sp³-hybridized carbons (Fsp3) is 0.800. The van der Waals surface area contributed by atoms with Crippen molar-refractivity contribution in [1.29, 1.82) is 0 Å². The van der Waals surface area contributed by atoms with Crippen LogP contribution in [0, 0.1) is 0 Å². The molecule has 0 spiro atoms. The van der Waals surface area contributed by atoms with E-state index in [1.165, 1.54) is 25.7 Å². The fourth-order valence-corrected chi connectivity index (χ4v) is 0.982. The smallest absolute Gasteiger partial charge is 0.0692 e. The average molecular weight is 156 g/mol. The zero-order valence-corrected chi connectivity index (χ0v) is 7.71. The molecule has 0 aliphatic carbocycles. The summed E-state index contributed by atoms with van der Waals surface area (Å²) in [6.07, 6.45) is 9.97. The molecule has 1 atom stereocenters. The Bertz CT molecular complexity index is 95.0. The lowest BCUT2D eigenvalue weighted by molar-refractivity contribution is 0.244. The third kappa shape index (κ3) is 9.70. The van der Waals surface area contributed by atoms with Crippen LogP contribution in [0.4, 0.5) is 0 Å². The highest BCUT2D eigenvalue weighted by molar-refractivity contribution is 4.85. The minimum Gasteiger partial charge on any atom is -0.389 e. The molecule has 0 aromatic heterocycles. The number of hydrogen-bond donors (Lipinski definition) is 1. The number of aliphatic hydroxyl groups excluding tert-OH is 1. The molecule has 11 heavy (non-hydrogen) atoms. The number of unbranched alkanes of at least 4 members (excludes halogenated alkanes) is 4. The van der Waals surface area contributed by atoms with Crippen molar-refractivity contribution in [2.24, 2.45) is 0 Å². The van der Waals surface area contributed by atoms with Crippen LogP contribution in [0.25, 0.3) is 0 Å². The third-order valence-corrected chi connectivity index (χ3v) is 1.64. The topological polar surface area (TPSA) is 20.2 Å². The standard InChI is InChI=1S/C10H20O/c1-3-4-5-6-7-8-9-10(2)11/h8-11H,3-7H2,1-2H3/t10-/m1/s1. The lowest BCUT2D eigenvalue weighted by Gasteiger charge is -1.95. The summed E-state index contributed by atoms with van der Waals surface area (Å²) in [6, 6.07) is 0. The Morgan fingerprint density at radius 1 is 1.27 bits per heavy atom. The molecule has 0 fully saturated rings. The molecule has 1 heteroatoms. The van der Waals surface area contributed by atoms with E-state index in [0.29, 0.717) is 0 Å². The van der Waals surface area contributed by atoms with Crippen molar-refractivity contribution in [1.82, 2.24) is 0 Å². The quantitative estimate of drug-likeness (QED) is 0.463. The van der Waals surface area contributed by atoms with Crippen LogP contribution < -0.4 is 0 Å². The summed E-state index contributed by atoms with van der Waals surface area (Å²) in [5, 5.41) is 8.87. The van der Waals surface area contributed by atoms with Crippen molar-refractivity contribution in [2.45, 2.75) is 52.1 Å². The van der Waals surface area contributed by atoms with Crippen molar-refractivity contribution < 1.29 is 5.11 Å². The van der Waals surface area contributed by atoms with Crippen molar-refractivity contribution in [3.63, 3.8) is 0 Å². The predicted octanol–water partition coefficient (Wildman–Crippen LogP) is 2.89. The summed E-state index contributed by atoms with van der Waals surface area (Å²) in [4.78, 5) is 0. The van der Waals surface area contributed by atoms with Crippen LogP contribution >= 0.6 is 0 Å². The van der Waals surface area contributed by atoms with Gasteiger partial charge in [0.05, 0.1) is 6.10 Å². The second-order valence-corrected chi connectivity index (χ2v) is 3.02. The number of rotatable bonds is 6. The zero-order valence-electron chi connectivity index (χ0n) is 7.71. The summed E-state index contributed by atoms with van der Waals surface area (Å²) in [7, 11) is 0. The van der Waals surface area contributed by atoms with Gasteiger partial charge in [0, 0.05) is 0 Å². The van der Waals surface area contributed by atoms with E-state index in [9.17, 15) is 0 Å². The molecule has 1 nitrogen and oxygen atoms in total. The first-order valence-electron chi connectivity index (χ1n) is 4.62. The number of allylic oxidation sites excluding steroid dienone is 1. The Morgan fingerprint density at radius 3 is 2.55 bits per heavy atom. The molecule has 0 amide bonds. The molecule has 0 aromatic rings. The molecular formula is C10H20O. The van der Waals surface area contributed by atoms with Gasteiger partial charge in [-0.05, 0) is 19.8 Å². The number of hydrogen-bond acceptors (Lipinski definition) is 1. The lowest BCUT2D eigenvalue weighted by atomic mass is 10.1. The summed E-state index contributed by atoms with van der Waals surface area (Å²) >= 11 is 0. The van der Waals surface area contributed by atoms with Crippen LogP contribution in [0.15, 0.2) is 12.2 Å². The van der Waals surface area contributed by atoms with E-state index in [2.05, 4.69) is 13.0 Å². The highest BCUT2D eigenvalue weighted by Gasteiger charge is 1.86. The zero-order chi connectivity index (χ0) is 8.53. The fourth-order valence-electron chi connectivity index (χ4n) is 0.982. The van der Waals surface area contributed by atoms with Gasteiger partial charge in [0.2, 0.25) is 0 Å². The SMILES string of the molecule is CCCCCCC=C[C@@H](C)O. The van der Waals surface area contributed by atoms with Gasteiger partial charge in [-0.15, -0.1) is 0 Å². The van der Waals surface area contributed by atoms with Crippen LogP contribution in [0.1, 0.15) is 46.0 Å². The van der Waals surface area contributed by atoms with Crippen LogP contribution in [0.3, 0.4) is 0 Å².